The van der Waals surface area contributed by atoms with Crippen molar-refractivity contribution in [3.63, 3.8) is 0 Å². The number of aryl methyl sites for hydroxylation is 1. The first-order valence-electron chi connectivity index (χ1n) is 12.9. The zero-order chi connectivity index (χ0) is 25.8. The predicted octanol–water partition coefficient (Wildman–Crippen LogP) is 4.03. The third-order valence-electron chi connectivity index (χ3n) is 7.17. The number of aliphatic hydroxyl groups is 1. The van der Waals surface area contributed by atoms with E-state index in [0.29, 0.717) is 18.8 Å². The van der Waals surface area contributed by atoms with Crippen LogP contribution < -0.4 is 5.32 Å². The molecule has 1 saturated carbocycles. The van der Waals surface area contributed by atoms with Gasteiger partial charge in [-0.2, -0.15) is 10.2 Å². The third kappa shape index (κ3) is 5.77. The van der Waals surface area contributed by atoms with E-state index in [4.69, 9.17) is 0 Å². The van der Waals surface area contributed by atoms with Crippen molar-refractivity contribution in [1.29, 1.82) is 0 Å². The minimum absolute atomic E-state index is 0.00735. The Balaban J connectivity index is 1.21. The standard InChI is InChI=1S/C28H33N7O2/c1-3-26(36)16-31-28(37)19-7-9-25(10-8-19)35-18-24(15-33-35)22-12-29-27(30-13-22)21-6-4-5-20(11-21)23-14-32-34(2)17-23/h4-6,11-15,17-19,25-26,36H,3,7-10,16H2,1-2H3,(H,31,37)/t19-,25-,26?. The largest absolute Gasteiger partial charge is 0.391 e. The van der Waals surface area contributed by atoms with E-state index >= 15 is 0 Å². The van der Waals surface area contributed by atoms with Gasteiger partial charge in [0, 0.05) is 66.6 Å². The molecule has 3 heterocycles. The van der Waals surface area contributed by atoms with Crippen LogP contribution in [0.1, 0.15) is 45.1 Å². The minimum Gasteiger partial charge on any atom is -0.391 e. The molecule has 1 amide bonds. The molecule has 37 heavy (non-hydrogen) atoms. The lowest BCUT2D eigenvalue weighted by atomic mass is 9.85. The van der Waals surface area contributed by atoms with Gasteiger partial charge in [-0.15, -0.1) is 0 Å². The van der Waals surface area contributed by atoms with Crippen molar-refractivity contribution in [1.82, 2.24) is 34.8 Å². The Morgan fingerprint density at radius 1 is 0.973 bits per heavy atom. The highest BCUT2D eigenvalue weighted by molar-refractivity contribution is 5.78. The summed E-state index contributed by atoms with van der Waals surface area (Å²) < 4.78 is 3.80. The molecule has 192 valence electrons. The van der Waals surface area contributed by atoms with Gasteiger partial charge in [0.05, 0.1) is 24.5 Å². The number of aromatic nitrogens is 6. The molecule has 1 unspecified atom stereocenters. The fourth-order valence-corrected chi connectivity index (χ4v) is 4.83. The minimum atomic E-state index is -0.474. The van der Waals surface area contributed by atoms with Gasteiger partial charge in [0.15, 0.2) is 5.82 Å². The van der Waals surface area contributed by atoms with Gasteiger partial charge in [-0.05, 0) is 43.7 Å². The number of nitrogens with zero attached hydrogens (tertiary/aromatic N) is 6. The van der Waals surface area contributed by atoms with Crippen LogP contribution in [0, 0.1) is 5.92 Å². The summed E-state index contributed by atoms with van der Waals surface area (Å²) in [6.45, 7) is 2.23. The maximum absolute atomic E-state index is 12.4. The second-order valence-corrected chi connectivity index (χ2v) is 9.80. The van der Waals surface area contributed by atoms with Gasteiger partial charge in [0.25, 0.3) is 0 Å². The Morgan fingerprint density at radius 2 is 1.68 bits per heavy atom. The first-order valence-corrected chi connectivity index (χ1v) is 12.9. The Labute approximate surface area is 216 Å². The van der Waals surface area contributed by atoms with Crippen LogP contribution in [-0.2, 0) is 11.8 Å². The topological polar surface area (TPSA) is 111 Å². The van der Waals surface area contributed by atoms with Crippen molar-refractivity contribution >= 4 is 5.91 Å². The number of carbonyl (C=O) groups is 1. The van der Waals surface area contributed by atoms with E-state index in [0.717, 1.165) is 53.5 Å². The SMILES string of the molecule is CCC(O)CNC(=O)[C@H]1CC[C@H](n2cc(-c3cnc(-c4cccc(-c5cnn(C)c5)c4)nc3)cn2)CC1. The van der Waals surface area contributed by atoms with E-state index < -0.39 is 6.10 Å². The molecule has 2 N–H and O–H groups in total. The lowest BCUT2D eigenvalue weighted by molar-refractivity contribution is -0.126. The van der Waals surface area contributed by atoms with Crippen molar-refractivity contribution in [3.05, 3.63) is 61.4 Å². The average Bonchev–Trinajstić information content (AvgIpc) is 3.61. The summed E-state index contributed by atoms with van der Waals surface area (Å²) in [4.78, 5) is 21.7. The van der Waals surface area contributed by atoms with Crippen LogP contribution in [0.4, 0.5) is 0 Å². The van der Waals surface area contributed by atoms with Crippen molar-refractivity contribution < 1.29 is 9.90 Å². The monoisotopic (exact) mass is 499 g/mol. The molecule has 1 aliphatic rings. The van der Waals surface area contributed by atoms with Crippen molar-refractivity contribution in [2.45, 2.75) is 51.2 Å². The number of hydrogen-bond donors (Lipinski definition) is 2. The molecule has 1 atom stereocenters. The summed E-state index contributed by atoms with van der Waals surface area (Å²) in [6, 6.07) is 8.42. The van der Waals surface area contributed by atoms with E-state index in [2.05, 4.69) is 37.6 Å². The second kappa shape index (κ2) is 11.0. The fourth-order valence-electron chi connectivity index (χ4n) is 4.83. The zero-order valence-corrected chi connectivity index (χ0v) is 21.3. The van der Waals surface area contributed by atoms with Gasteiger partial charge in [0.2, 0.25) is 5.91 Å². The number of hydrogen-bond acceptors (Lipinski definition) is 6. The van der Waals surface area contributed by atoms with Crippen molar-refractivity contribution in [2.24, 2.45) is 13.0 Å². The van der Waals surface area contributed by atoms with Crippen LogP contribution in [0.15, 0.2) is 61.4 Å². The maximum atomic E-state index is 12.4. The Morgan fingerprint density at radius 3 is 2.38 bits per heavy atom. The number of rotatable bonds is 8. The number of amides is 1. The van der Waals surface area contributed by atoms with E-state index in [1.807, 2.05) is 68.0 Å². The number of aliphatic hydroxyl groups excluding tert-OH is 1. The van der Waals surface area contributed by atoms with Crippen molar-refractivity contribution in [3.8, 4) is 33.6 Å². The molecule has 4 aromatic rings. The first kappa shape index (κ1) is 24.8. The van der Waals surface area contributed by atoms with E-state index in [1.54, 1.807) is 4.68 Å². The summed E-state index contributed by atoms with van der Waals surface area (Å²) >= 11 is 0. The Hall–Kier alpha value is -3.85. The first-order chi connectivity index (χ1) is 18.0. The molecule has 9 nitrogen and oxygen atoms in total. The van der Waals surface area contributed by atoms with E-state index in [1.165, 1.54) is 0 Å². The van der Waals surface area contributed by atoms with E-state index in [9.17, 15) is 9.90 Å². The highest BCUT2D eigenvalue weighted by atomic mass is 16.3. The molecule has 3 aromatic heterocycles. The maximum Gasteiger partial charge on any atom is 0.223 e. The molecule has 1 aromatic carbocycles. The van der Waals surface area contributed by atoms with Gasteiger partial charge < -0.3 is 10.4 Å². The molecule has 0 aliphatic heterocycles. The molecule has 0 radical (unpaired) electrons. The highest BCUT2D eigenvalue weighted by Gasteiger charge is 2.27. The quantitative estimate of drug-likeness (QED) is 0.379. The molecular formula is C28H33N7O2. The highest BCUT2D eigenvalue weighted by Crippen LogP contribution is 2.33. The number of nitrogens with one attached hydrogen (secondary N) is 1. The molecule has 0 bridgehead atoms. The molecule has 9 heteroatoms. The van der Waals surface area contributed by atoms with Crippen LogP contribution >= 0.6 is 0 Å². The fraction of sp³-hybridized carbons (Fsp3) is 0.393. The second-order valence-electron chi connectivity index (χ2n) is 9.80. The molecular weight excluding hydrogens is 466 g/mol. The number of carbonyl (C=O) groups excluding carboxylic acids is 1. The lowest BCUT2D eigenvalue weighted by Crippen LogP contribution is -2.37. The number of benzene rings is 1. The van der Waals surface area contributed by atoms with Crippen molar-refractivity contribution in [2.75, 3.05) is 6.54 Å². The lowest BCUT2D eigenvalue weighted by Gasteiger charge is -2.28. The summed E-state index contributed by atoms with van der Waals surface area (Å²) in [7, 11) is 1.91. The van der Waals surface area contributed by atoms with Crippen LogP contribution in [0.3, 0.4) is 0 Å². The summed E-state index contributed by atoms with van der Waals surface area (Å²) in [5, 5.41) is 21.4. The van der Waals surface area contributed by atoms with Gasteiger partial charge >= 0.3 is 0 Å². The summed E-state index contributed by atoms with van der Waals surface area (Å²) in [5.41, 5.74) is 4.97. The van der Waals surface area contributed by atoms with Gasteiger partial charge in [-0.3, -0.25) is 14.2 Å². The smallest absolute Gasteiger partial charge is 0.223 e. The molecule has 1 aliphatic carbocycles. The normalized spacial score (nSPS) is 18.5. The molecule has 5 rings (SSSR count). The van der Waals surface area contributed by atoms with Crippen LogP contribution in [0.25, 0.3) is 33.6 Å². The Bertz CT molecular complexity index is 1340. The molecule has 1 fully saturated rings. The molecule has 0 saturated heterocycles. The van der Waals surface area contributed by atoms with Crippen LogP contribution in [0.2, 0.25) is 0 Å². The third-order valence-corrected chi connectivity index (χ3v) is 7.17. The van der Waals surface area contributed by atoms with Gasteiger partial charge in [0.1, 0.15) is 0 Å². The average molecular weight is 500 g/mol. The van der Waals surface area contributed by atoms with E-state index in [-0.39, 0.29) is 17.9 Å². The van der Waals surface area contributed by atoms with Gasteiger partial charge in [-0.25, -0.2) is 9.97 Å². The Kier molecular flexibility index (Phi) is 7.41. The summed E-state index contributed by atoms with van der Waals surface area (Å²) in [6.07, 6.45) is 15.0. The van der Waals surface area contributed by atoms with Crippen LogP contribution in [0.5, 0.6) is 0 Å². The zero-order valence-electron chi connectivity index (χ0n) is 21.3. The summed E-state index contributed by atoms with van der Waals surface area (Å²) in [5.74, 6) is 0.730. The predicted molar refractivity (Wildman–Crippen MR) is 141 cm³/mol. The van der Waals surface area contributed by atoms with Gasteiger partial charge in [-0.1, -0.05) is 25.1 Å². The van der Waals surface area contributed by atoms with Crippen LogP contribution in [-0.4, -0.2) is 53.2 Å². The molecule has 0 spiro atoms.